The van der Waals surface area contributed by atoms with Crippen LogP contribution in [-0.2, 0) is 4.57 Å². The van der Waals surface area contributed by atoms with Gasteiger partial charge in [0.15, 0.2) is 17.4 Å². The van der Waals surface area contributed by atoms with Gasteiger partial charge in [-0.15, -0.1) is 0 Å². The Balaban J connectivity index is 0. The van der Waals surface area contributed by atoms with Gasteiger partial charge in [0, 0.05) is 12.3 Å². The first-order chi connectivity index (χ1) is 4.62. The molecule has 0 amide bonds. The molecule has 0 spiro atoms. The van der Waals surface area contributed by atoms with Crippen molar-refractivity contribution < 1.29 is 9.46 Å². The van der Waals surface area contributed by atoms with Gasteiger partial charge < -0.3 is 4.89 Å². The summed E-state index contributed by atoms with van der Waals surface area (Å²) >= 11 is 0. The lowest BCUT2D eigenvalue weighted by molar-refractivity contribution is 0.474. The van der Waals surface area contributed by atoms with Crippen molar-refractivity contribution in [2.45, 2.75) is 33.1 Å². The summed E-state index contributed by atoms with van der Waals surface area (Å²) in [5, 5.41) is 0. The normalized spacial score (nSPS) is 15.2. The predicted molar refractivity (Wildman–Crippen MR) is 54.7 cm³/mol. The van der Waals surface area contributed by atoms with Crippen LogP contribution >= 0.6 is 7.37 Å². The highest BCUT2D eigenvalue weighted by Gasteiger charge is 2.14. The van der Waals surface area contributed by atoms with Gasteiger partial charge in [-0.25, -0.2) is 0 Å². The fourth-order valence-corrected chi connectivity index (χ4v) is 2.60. The van der Waals surface area contributed by atoms with Crippen molar-refractivity contribution in [1.29, 1.82) is 0 Å². The van der Waals surface area contributed by atoms with Crippen molar-refractivity contribution >= 4 is 24.7 Å². The summed E-state index contributed by atoms with van der Waals surface area (Å²) in [4.78, 5) is 9.20. The van der Waals surface area contributed by atoms with Crippen LogP contribution in [0.15, 0.2) is 0 Å². The molecule has 0 aromatic rings. The van der Waals surface area contributed by atoms with Crippen LogP contribution in [0.3, 0.4) is 0 Å². The van der Waals surface area contributed by atoms with Crippen molar-refractivity contribution in [2.75, 3.05) is 12.3 Å². The van der Waals surface area contributed by atoms with Crippen LogP contribution in [0.4, 0.5) is 0 Å². The Morgan fingerprint density at radius 1 is 1.18 bits per heavy atom. The van der Waals surface area contributed by atoms with Crippen molar-refractivity contribution in [3.05, 3.63) is 0 Å². The monoisotopic (exact) mass is 194 g/mol. The average Bonchev–Trinajstić information content (AvgIpc) is 1.84. The molecule has 0 saturated heterocycles. The molecule has 0 aliphatic heterocycles. The molecule has 2 nitrogen and oxygen atoms in total. The van der Waals surface area contributed by atoms with Crippen LogP contribution in [0, 0.1) is 0 Å². The Morgan fingerprint density at radius 3 is 2.09 bits per heavy atom. The molecule has 0 bridgehead atoms. The molecule has 0 fully saturated rings. The van der Waals surface area contributed by atoms with Crippen molar-refractivity contribution in [2.24, 2.45) is 0 Å². The van der Waals surface area contributed by atoms with Gasteiger partial charge in [0.2, 0.25) is 7.37 Å². The van der Waals surface area contributed by atoms with Crippen molar-refractivity contribution in [3.8, 4) is 0 Å². The molecule has 1 unspecified atom stereocenters. The van der Waals surface area contributed by atoms with E-state index in [1.807, 2.05) is 13.8 Å². The minimum Gasteiger partial charge on any atom is -0.344 e. The summed E-state index contributed by atoms with van der Waals surface area (Å²) in [6.45, 7) is 3.97. The van der Waals surface area contributed by atoms with Gasteiger partial charge in [0.1, 0.15) is 0 Å². The second-order valence-electron chi connectivity index (χ2n) is 2.65. The standard InChI is InChI=1S/C7H17O2P.Al.3H/c1-3-5-7-10(8,9)6-4-2;;;;/h3-7H2,1-2H3,(H,8,9);;;;. The fraction of sp³-hybridized carbons (Fsp3) is 1.00. The van der Waals surface area contributed by atoms with Crippen LogP contribution in [0.2, 0.25) is 0 Å². The first-order valence-corrected chi connectivity index (χ1v) is 5.96. The molecular weight excluding hydrogens is 174 g/mol. The zero-order chi connectivity index (χ0) is 8.04. The van der Waals surface area contributed by atoms with Crippen LogP contribution < -0.4 is 0 Å². The van der Waals surface area contributed by atoms with Crippen molar-refractivity contribution in [1.82, 2.24) is 0 Å². The molecule has 1 N–H and O–H groups in total. The van der Waals surface area contributed by atoms with E-state index in [1.54, 1.807) is 0 Å². The van der Waals surface area contributed by atoms with Gasteiger partial charge >= 0.3 is 0 Å². The van der Waals surface area contributed by atoms with Gasteiger partial charge in [-0.1, -0.05) is 20.3 Å². The van der Waals surface area contributed by atoms with E-state index < -0.39 is 7.37 Å². The summed E-state index contributed by atoms with van der Waals surface area (Å²) in [7, 11) is -2.71. The zero-order valence-corrected chi connectivity index (χ0v) is 7.73. The van der Waals surface area contributed by atoms with Gasteiger partial charge in [-0.3, -0.25) is 4.57 Å². The van der Waals surface area contributed by atoms with Crippen LogP contribution in [0.1, 0.15) is 33.1 Å². The van der Waals surface area contributed by atoms with Gasteiger partial charge in [-0.2, -0.15) is 0 Å². The summed E-state index contributed by atoms with van der Waals surface area (Å²) in [5.41, 5.74) is 0. The van der Waals surface area contributed by atoms with Gasteiger partial charge in [0.25, 0.3) is 0 Å². The Bertz CT molecular complexity index is 128. The smallest absolute Gasteiger partial charge is 0.200 e. The molecule has 11 heavy (non-hydrogen) atoms. The van der Waals surface area contributed by atoms with E-state index in [2.05, 4.69) is 0 Å². The second kappa shape index (κ2) is 7.38. The molecule has 0 saturated carbocycles. The summed E-state index contributed by atoms with van der Waals surface area (Å²) < 4.78 is 11.1. The third kappa shape index (κ3) is 8.63. The van der Waals surface area contributed by atoms with E-state index >= 15 is 0 Å². The maximum absolute atomic E-state index is 11.1. The predicted octanol–water partition coefficient (Wildman–Crippen LogP) is 1.28. The zero-order valence-electron chi connectivity index (χ0n) is 6.84. The first-order valence-electron chi connectivity index (χ1n) is 3.93. The van der Waals surface area contributed by atoms with Crippen LogP contribution in [-0.4, -0.2) is 34.6 Å². The Hall–Kier alpha value is 0.722. The van der Waals surface area contributed by atoms with Gasteiger partial charge in [-0.05, 0) is 12.8 Å². The molecule has 0 radical (unpaired) electrons. The van der Waals surface area contributed by atoms with E-state index in [0.717, 1.165) is 19.3 Å². The highest BCUT2D eigenvalue weighted by Crippen LogP contribution is 2.41. The second-order valence-corrected chi connectivity index (χ2v) is 5.23. The lowest BCUT2D eigenvalue weighted by Crippen LogP contribution is -1.92. The topological polar surface area (TPSA) is 37.3 Å². The Morgan fingerprint density at radius 2 is 1.73 bits per heavy atom. The lowest BCUT2D eigenvalue weighted by atomic mass is 10.4. The highest BCUT2D eigenvalue weighted by molar-refractivity contribution is 7.57. The quantitative estimate of drug-likeness (QED) is 0.528. The molecule has 0 aliphatic carbocycles. The van der Waals surface area contributed by atoms with E-state index in [-0.39, 0.29) is 17.4 Å². The minimum absolute atomic E-state index is 0. The number of rotatable bonds is 5. The van der Waals surface area contributed by atoms with E-state index in [1.165, 1.54) is 0 Å². The third-order valence-electron chi connectivity index (χ3n) is 1.43. The van der Waals surface area contributed by atoms with E-state index in [9.17, 15) is 9.46 Å². The summed E-state index contributed by atoms with van der Waals surface area (Å²) in [6, 6.07) is 0. The minimum atomic E-state index is -2.71. The largest absolute Gasteiger partial charge is 0.344 e. The third-order valence-corrected chi connectivity index (χ3v) is 3.60. The molecule has 68 valence electrons. The first kappa shape index (κ1) is 14.3. The molecule has 4 heteroatoms. The SMILES string of the molecule is CCCCP(=O)(O)CCC.[AlH3]. The van der Waals surface area contributed by atoms with E-state index in [4.69, 9.17) is 0 Å². The van der Waals surface area contributed by atoms with Gasteiger partial charge in [0.05, 0.1) is 0 Å². The maximum Gasteiger partial charge on any atom is 0.200 e. The molecule has 0 aromatic heterocycles. The molecule has 0 aromatic carbocycles. The lowest BCUT2D eigenvalue weighted by Gasteiger charge is -2.07. The highest BCUT2D eigenvalue weighted by atomic mass is 31.2. The molecule has 0 heterocycles. The average molecular weight is 194 g/mol. The summed E-state index contributed by atoms with van der Waals surface area (Å²) in [5.74, 6) is 0. The maximum atomic E-state index is 11.1. The number of hydrogen-bond acceptors (Lipinski definition) is 1. The molecule has 0 rings (SSSR count). The van der Waals surface area contributed by atoms with E-state index in [0.29, 0.717) is 12.3 Å². The number of hydrogen-bond donors (Lipinski definition) is 1. The number of unbranched alkanes of at least 4 members (excludes halogenated alkanes) is 1. The van der Waals surface area contributed by atoms with Crippen LogP contribution in [0.25, 0.3) is 0 Å². The molecular formula is C7H20AlO2P. The molecule has 0 aliphatic rings. The van der Waals surface area contributed by atoms with Crippen LogP contribution in [0.5, 0.6) is 0 Å². The Kier molecular flexibility index (Phi) is 9.56. The Labute approximate surface area is 80.0 Å². The van der Waals surface area contributed by atoms with Crippen molar-refractivity contribution in [3.63, 3.8) is 0 Å². The summed E-state index contributed by atoms with van der Waals surface area (Å²) in [6.07, 6.45) is 3.71. The molecule has 1 atom stereocenters. The fourth-order valence-electron chi connectivity index (χ4n) is 0.866.